The lowest BCUT2D eigenvalue weighted by atomic mass is 9.70. The van der Waals surface area contributed by atoms with Crippen molar-refractivity contribution in [3.63, 3.8) is 0 Å². The summed E-state index contributed by atoms with van der Waals surface area (Å²) in [4.78, 5) is 0. The van der Waals surface area contributed by atoms with Gasteiger partial charge in [-0.25, -0.2) is 0 Å². The zero-order chi connectivity index (χ0) is 16.2. The minimum Gasteiger partial charge on any atom is -0.497 e. The molecule has 0 bridgehead atoms. The van der Waals surface area contributed by atoms with Crippen molar-refractivity contribution in [2.45, 2.75) is 46.5 Å². The molecule has 0 unspecified atom stereocenters. The van der Waals surface area contributed by atoms with E-state index in [0.29, 0.717) is 0 Å². The van der Waals surface area contributed by atoms with E-state index < -0.39 is 0 Å². The molecule has 0 N–H and O–H groups in total. The summed E-state index contributed by atoms with van der Waals surface area (Å²) < 4.78 is 11.7. The lowest BCUT2D eigenvalue weighted by Gasteiger charge is -2.34. The van der Waals surface area contributed by atoms with E-state index in [2.05, 4.69) is 32.9 Å². The maximum atomic E-state index is 6.24. The van der Waals surface area contributed by atoms with Gasteiger partial charge >= 0.3 is 0 Å². The number of hydrogen-bond acceptors (Lipinski definition) is 2. The Morgan fingerprint density at radius 3 is 2.83 bits per heavy atom. The molecule has 4 rings (SSSR count). The molecule has 0 saturated carbocycles. The SMILES string of the molecule is COc1ccc2oc3c(c2c1)C1=C(CC=C3C)C(C)(C)CCC1. The second-order valence-corrected chi connectivity index (χ2v) is 7.45. The molecule has 1 aromatic carbocycles. The molecule has 2 aliphatic rings. The van der Waals surface area contributed by atoms with Crippen LogP contribution in [0.25, 0.3) is 22.1 Å². The van der Waals surface area contributed by atoms with Crippen LogP contribution in [0, 0.1) is 5.41 Å². The average Bonchev–Trinajstić information content (AvgIpc) is 2.84. The Morgan fingerprint density at radius 1 is 1.22 bits per heavy atom. The molecule has 2 nitrogen and oxygen atoms in total. The monoisotopic (exact) mass is 308 g/mol. The van der Waals surface area contributed by atoms with E-state index in [1.54, 1.807) is 12.7 Å². The van der Waals surface area contributed by atoms with Gasteiger partial charge in [-0.2, -0.15) is 0 Å². The Kier molecular flexibility index (Phi) is 3.19. The van der Waals surface area contributed by atoms with Crippen LogP contribution in [-0.4, -0.2) is 7.11 Å². The fraction of sp³-hybridized carbons (Fsp3) is 0.429. The first kappa shape index (κ1) is 14.6. The quantitative estimate of drug-likeness (QED) is 0.624. The molecule has 0 aliphatic heterocycles. The smallest absolute Gasteiger partial charge is 0.138 e. The highest BCUT2D eigenvalue weighted by Crippen LogP contribution is 2.51. The van der Waals surface area contributed by atoms with Gasteiger partial charge in [-0.3, -0.25) is 0 Å². The van der Waals surface area contributed by atoms with E-state index in [1.165, 1.54) is 34.9 Å². The van der Waals surface area contributed by atoms with Crippen LogP contribution in [0.2, 0.25) is 0 Å². The zero-order valence-corrected chi connectivity index (χ0v) is 14.5. The van der Waals surface area contributed by atoms with E-state index in [0.717, 1.165) is 29.9 Å². The summed E-state index contributed by atoms with van der Waals surface area (Å²) in [5, 5.41) is 1.19. The molecule has 120 valence electrons. The molecule has 1 heterocycles. The van der Waals surface area contributed by atoms with Crippen LogP contribution in [0.15, 0.2) is 34.3 Å². The lowest BCUT2D eigenvalue weighted by molar-refractivity contribution is 0.375. The third-order valence-electron chi connectivity index (χ3n) is 5.58. The number of fused-ring (bicyclic) bond motifs is 4. The fourth-order valence-electron chi connectivity index (χ4n) is 4.22. The van der Waals surface area contributed by atoms with Crippen molar-refractivity contribution in [2.75, 3.05) is 7.11 Å². The van der Waals surface area contributed by atoms with Crippen LogP contribution >= 0.6 is 0 Å². The number of hydrogen-bond donors (Lipinski definition) is 0. The molecule has 23 heavy (non-hydrogen) atoms. The predicted molar refractivity (Wildman–Crippen MR) is 95.6 cm³/mol. The van der Waals surface area contributed by atoms with Crippen molar-refractivity contribution in [3.05, 3.63) is 41.2 Å². The third-order valence-corrected chi connectivity index (χ3v) is 5.58. The number of methoxy groups -OCH3 is 1. The van der Waals surface area contributed by atoms with Crippen LogP contribution in [0.1, 0.15) is 57.8 Å². The number of furan rings is 1. The number of rotatable bonds is 1. The van der Waals surface area contributed by atoms with Crippen molar-refractivity contribution in [3.8, 4) is 5.75 Å². The van der Waals surface area contributed by atoms with Crippen LogP contribution in [0.4, 0.5) is 0 Å². The highest BCUT2D eigenvalue weighted by molar-refractivity contribution is 5.98. The van der Waals surface area contributed by atoms with Crippen molar-refractivity contribution in [2.24, 2.45) is 5.41 Å². The largest absolute Gasteiger partial charge is 0.497 e. The summed E-state index contributed by atoms with van der Waals surface area (Å²) in [6, 6.07) is 6.14. The minimum absolute atomic E-state index is 0.272. The molecule has 1 aromatic heterocycles. The Balaban J connectivity index is 2.07. The second kappa shape index (κ2) is 5.02. The standard InChI is InChI=1S/C21H24O2/c1-13-7-9-17-15(6-5-11-21(17,2)3)19-16-12-14(22-4)8-10-18(16)23-20(13)19/h7-8,10,12H,5-6,9,11H2,1-4H3. The summed E-state index contributed by atoms with van der Waals surface area (Å²) in [5.41, 5.74) is 6.90. The van der Waals surface area contributed by atoms with Crippen molar-refractivity contribution >= 4 is 22.1 Å². The first-order chi connectivity index (χ1) is 11.0. The van der Waals surface area contributed by atoms with Gasteiger partial charge in [-0.1, -0.05) is 25.5 Å². The topological polar surface area (TPSA) is 22.4 Å². The van der Waals surface area contributed by atoms with Gasteiger partial charge in [-0.05, 0) is 67.4 Å². The summed E-state index contributed by atoms with van der Waals surface area (Å²) in [6.07, 6.45) is 7.06. The van der Waals surface area contributed by atoms with Gasteiger partial charge in [0.25, 0.3) is 0 Å². The molecule has 2 aromatic rings. The Bertz CT molecular complexity index is 846. The summed E-state index contributed by atoms with van der Waals surface area (Å²) in [5.74, 6) is 1.94. The Labute approximate surface area is 137 Å². The van der Waals surface area contributed by atoms with Gasteiger partial charge in [0.1, 0.15) is 17.1 Å². The summed E-state index contributed by atoms with van der Waals surface area (Å²) in [7, 11) is 1.72. The summed E-state index contributed by atoms with van der Waals surface area (Å²) >= 11 is 0. The number of ether oxygens (including phenoxy) is 1. The average molecular weight is 308 g/mol. The Hall–Kier alpha value is -1.96. The molecule has 0 spiro atoms. The summed E-state index contributed by atoms with van der Waals surface area (Å²) in [6.45, 7) is 6.95. The van der Waals surface area contributed by atoms with Crippen molar-refractivity contribution < 1.29 is 9.15 Å². The fourth-order valence-corrected chi connectivity index (χ4v) is 4.22. The normalized spacial score (nSPS) is 19.9. The van der Waals surface area contributed by atoms with Crippen molar-refractivity contribution in [1.29, 1.82) is 0 Å². The molecular formula is C21H24O2. The zero-order valence-electron chi connectivity index (χ0n) is 14.5. The van der Waals surface area contributed by atoms with Crippen molar-refractivity contribution in [1.82, 2.24) is 0 Å². The maximum absolute atomic E-state index is 6.24. The molecule has 0 saturated heterocycles. The third kappa shape index (κ3) is 2.15. The molecule has 0 radical (unpaired) electrons. The van der Waals surface area contributed by atoms with E-state index >= 15 is 0 Å². The van der Waals surface area contributed by atoms with E-state index in [4.69, 9.17) is 9.15 Å². The molecular weight excluding hydrogens is 284 g/mol. The second-order valence-electron chi connectivity index (χ2n) is 7.45. The highest BCUT2D eigenvalue weighted by atomic mass is 16.5. The van der Waals surface area contributed by atoms with E-state index in [9.17, 15) is 0 Å². The minimum atomic E-state index is 0.272. The molecule has 0 fully saturated rings. The number of benzene rings is 1. The van der Waals surface area contributed by atoms with Gasteiger partial charge in [0.15, 0.2) is 0 Å². The first-order valence-corrected chi connectivity index (χ1v) is 8.52. The van der Waals surface area contributed by atoms with Gasteiger partial charge in [0, 0.05) is 10.9 Å². The predicted octanol–water partition coefficient (Wildman–Crippen LogP) is 6.21. The molecule has 2 aliphatic carbocycles. The lowest BCUT2D eigenvalue weighted by Crippen LogP contribution is -2.20. The van der Waals surface area contributed by atoms with Crippen LogP contribution in [0.5, 0.6) is 5.75 Å². The van der Waals surface area contributed by atoms with Gasteiger partial charge in [0.2, 0.25) is 0 Å². The van der Waals surface area contributed by atoms with E-state index in [-0.39, 0.29) is 5.41 Å². The van der Waals surface area contributed by atoms with Gasteiger partial charge in [0.05, 0.1) is 7.11 Å². The Morgan fingerprint density at radius 2 is 2.04 bits per heavy atom. The molecule has 0 atom stereocenters. The molecule has 0 amide bonds. The van der Waals surface area contributed by atoms with Crippen LogP contribution in [0.3, 0.4) is 0 Å². The maximum Gasteiger partial charge on any atom is 0.138 e. The molecule has 2 heteroatoms. The van der Waals surface area contributed by atoms with E-state index in [1.807, 2.05) is 12.1 Å². The van der Waals surface area contributed by atoms with Crippen LogP contribution in [-0.2, 0) is 0 Å². The highest BCUT2D eigenvalue weighted by Gasteiger charge is 2.34. The number of allylic oxidation sites excluding steroid dienone is 4. The first-order valence-electron chi connectivity index (χ1n) is 8.52. The van der Waals surface area contributed by atoms with Gasteiger partial charge in [-0.15, -0.1) is 0 Å². The van der Waals surface area contributed by atoms with Crippen LogP contribution < -0.4 is 4.74 Å². The van der Waals surface area contributed by atoms with Gasteiger partial charge < -0.3 is 9.15 Å².